The van der Waals surface area contributed by atoms with Crippen molar-refractivity contribution in [3.05, 3.63) is 0 Å². The molecule has 0 saturated heterocycles. The number of ether oxygens (including phenoxy) is 4. The number of hydrogen-bond donors (Lipinski definition) is 3. The second kappa shape index (κ2) is 84.1. The Morgan fingerprint density at radius 3 is 0.679 bits per heavy atom. The van der Waals surface area contributed by atoms with Gasteiger partial charge in [0, 0.05) is 25.7 Å². The number of hydrogen-bond acceptors (Lipinski definition) is 15. The molecule has 0 aliphatic heterocycles. The van der Waals surface area contributed by atoms with Crippen LogP contribution in [0.3, 0.4) is 0 Å². The van der Waals surface area contributed by atoms with Crippen molar-refractivity contribution in [2.45, 2.75) is 522 Å². The molecule has 0 rings (SSSR count). The van der Waals surface area contributed by atoms with Crippen molar-refractivity contribution in [3.8, 4) is 0 Å². The highest BCUT2D eigenvalue weighted by Crippen LogP contribution is 2.45. The van der Waals surface area contributed by atoms with Crippen LogP contribution in [-0.2, 0) is 65.4 Å². The minimum atomic E-state index is -4.97. The van der Waals surface area contributed by atoms with Gasteiger partial charge in [-0.3, -0.25) is 37.3 Å². The number of carbonyl (C=O) groups excluding carboxylic acids is 4. The smallest absolute Gasteiger partial charge is 0.462 e. The lowest BCUT2D eigenvalue weighted by molar-refractivity contribution is -0.161. The van der Waals surface area contributed by atoms with Crippen LogP contribution in [0.2, 0.25) is 0 Å². The van der Waals surface area contributed by atoms with Gasteiger partial charge >= 0.3 is 39.5 Å². The Bertz CT molecular complexity index is 2130. The monoisotopic (exact) mass is 1630 g/mol. The third-order valence-corrected chi connectivity index (χ3v) is 24.2. The molecule has 0 aromatic carbocycles. The number of aliphatic hydroxyl groups is 1. The Hall–Kier alpha value is -1.94. The van der Waals surface area contributed by atoms with E-state index in [1.165, 1.54) is 321 Å². The minimum absolute atomic E-state index is 0.109. The topological polar surface area (TPSA) is 237 Å². The summed E-state index contributed by atoms with van der Waals surface area (Å²) in [4.78, 5) is 73.5. The van der Waals surface area contributed by atoms with Gasteiger partial charge in [0.2, 0.25) is 0 Å². The fourth-order valence-corrected chi connectivity index (χ4v) is 16.2. The third-order valence-electron chi connectivity index (χ3n) is 22.3. The SMILES string of the molecule is CCCCCCCCCCCCCCCCCCCCCCC(=O)OC[C@H](COP(=O)(O)OC[C@@H](O)COP(=O)(O)OC[C@@H](COC(=O)CCCCCCCCCCCC(C)C)OC(=O)CCCCCCCCCCCCCCCCCCCC)OC(=O)CCCCCCCCCCCCCCCCCCCCC(C)CC. The summed E-state index contributed by atoms with van der Waals surface area (Å²) >= 11 is 0. The predicted octanol–water partition coefficient (Wildman–Crippen LogP) is 29.0. The maximum Gasteiger partial charge on any atom is 0.472 e. The van der Waals surface area contributed by atoms with Gasteiger partial charge in [-0.15, -0.1) is 0 Å². The fraction of sp³-hybridized carbons (Fsp3) is 0.957. The maximum absolute atomic E-state index is 13.2. The molecule has 0 aromatic rings. The number of carbonyl (C=O) groups is 4. The molecule has 0 amide bonds. The van der Waals surface area contributed by atoms with Crippen molar-refractivity contribution >= 4 is 39.5 Å². The van der Waals surface area contributed by atoms with Crippen molar-refractivity contribution < 1.29 is 80.2 Å². The zero-order valence-corrected chi connectivity index (χ0v) is 75.8. The van der Waals surface area contributed by atoms with Crippen molar-refractivity contribution in [2.75, 3.05) is 39.6 Å². The molecule has 0 aliphatic rings. The number of esters is 4. The summed E-state index contributed by atoms with van der Waals surface area (Å²) in [5.74, 6) is -0.479. The van der Waals surface area contributed by atoms with E-state index in [1.54, 1.807) is 0 Å². The van der Waals surface area contributed by atoms with Crippen LogP contribution >= 0.6 is 15.6 Å². The lowest BCUT2D eigenvalue weighted by Crippen LogP contribution is -2.30. The molecule has 0 fully saturated rings. The van der Waals surface area contributed by atoms with E-state index in [9.17, 15) is 43.2 Å². The van der Waals surface area contributed by atoms with E-state index >= 15 is 0 Å². The van der Waals surface area contributed by atoms with Gasteiger partial charge in [0.1, 0.15) is 19.3 Å². The molecule has 0 saturated carbocycles. The first-order valence-electron chi connectivity index (χ1n) is 48.0. The summed E-state index contributed by atoms with van der Waals surface area (Å²) in [7, 11) is -9.94. The Morgan fingerprint density at radius 2 is 0.455 bits per heavy atom. The predicted molar refractivity (Wildman–Crippen MR) is 465 cm³/mol. The molecule has 3 unspecified atom stereocenters. The Balaban J connectivity index is 5.24. The van der Waals surface area contributed by atoms with Crippen LogP contribution in [0.25, 0.3) is 0 Å². The molecule has 0 aliphatic carbocycles. The van der Waals surface area contributed by atoms with Crippen LogP contribution in [0.1, 0.15) is 504 Å². The average molecular weight is 1630 g/mol. The minimum Gasteiger partial charge on any atom is -0.462 e. The number of phosphoric acid groups is 2. The van der Waals surface area contributed by atoms with Crippen LogP contribution in [-0.4, -0.2) is 96.7 Å². The van der Waals surface area contributed by atoms with Gasteiger partial charge in [-0.05, 0) is 37.5 Å². The first-order chi connectivity index (χ1) is 54.4. The van der Waals surface area contributed by atoms with Gasteiger partial charge < -0.3 is 33.8 Å². The second-order valence-electron chi connectivity index (χ2n) is 34.1. The van der Waals surface area contributed by atoms with Crippen molar-refractivity contribution in [3.63, 3.8) is 0 Å². The Morgan fingerprint density at radius 1 is 0.259 bits per heavy atom. The van der Waals surface area contributed by atoms with Gasteiger partial charge in [0.05, 0.1) is 26.4 Å². The van der Waals surface area contributed by atoms with E-state index in [2.05, 4.69) is 41.5 Å². The van der Waals surface area contributed by atoms with Crippen molar-refractivity contribution in [2.24, 2.45) is 11.8 Å². The summed E-state index contributed by atoms with van der Waals surface area (Å²) in [5, 5.41) is 10.7. The highest BCUT2D eigenvalue weighted by Gasteiger charge is 2.31. The summed E-state index contributed by atoms with van der Waals surface area (Å²) < 4.78 is 69.1. The van der Waals surface area contributed by atoms with E-state index in [4.69, 9.17) is 37.0 Å². The third kappa shape index (κ3) is 84.5. The summed E-state index contributed by atoms with van der Waals surface area (Å²) in [5.41, 5.74) is 0. The standard InChI is InChI=1S/C93H182O17P2/c1-7-10-12-14-16-18-20-22-24-26-28-29-34-37-41-45-51-57-63-69-75-90(95)103-81-88(109-92(97)77-72-66-60-53-47-43-39-35-31-30-32-36-40-44-50-56-62-68-74-86(6)9-3)83-107-111(99,100)105-79-87(94)80-106-112(101,102)108-84-89(82-104-91(96)76-70-64-58-54-48-49-55-61-67-73-85(4)5)110-93(98)78-71-65-59-52-46-42-38-33-27-25-23-21-19-17-15-13-11-8-2/h85-89,94H,7-84H2,1-6H3,(H,99,100)(H,101,102)/t86?,87-,88-,89-/m1/s1. The molecule has 0 bridgehead atoms. The van der Waals surface area contributed by atoms with E-state index in [0.717, 1.165) is 102 Å². The molecule has 0 aromatic heterocycles. The maximum atomic E-state index is 13.2. The van der Waals surface area contributed by atoms with Crippen LogP contribution in [0, 0.1) is 11.8 Å². The zero-order chi connectivity index (χ0) is 82.0. The molecule has 3 N–H and O–H groups in total. The van der Waals surface area contributed by atoms with E-state index in [0.29, 0.717) is 25.7 Å². The first-order valence-corrected chi connectivity index (χ1v) is 51.0. The number of aliphatic hydroxyl groups excluding tert-OH is 1. The highest BCUT2D eigenvalue weighted by molar-refractivity contribution is 7.47. The Labute approximate surface area is 689 Å². The summed E-state index contributed by atoms with van der Waals surface area (Å²) in [6.07, 6.45) is 79.3. The zero-order valence-electron chi connectivity index (χ0n) is 74.0. The van der Waals surface area contributed by atoms with Gasteiger partial charge in [-0.1, -0.05) is 452 Å². The van der Waals surface area contributed by atoms with Crippen LogP contribution in [0.5, 0.6) is 0 Å². The van der Waals surface area contributed by atoms with Crippen molar-refractivity contribution in [1.29, 1.82) is 0 Å². The number of rotatable bonds is 92. The molecule has 19 heteroatoms. The highest BCUT2D eigenvalue weighted by atomic mass is 31.2. The molecule has 0 radical (unpaired) electrons. The van der Waals surface area contributed by atoms with Gasteiger partial charge in [0.25, 0.3) is 0 Å². The van der Waals surface area contributed by atoms with E-state index in [1.807, 2.05) is 0 Å². The molecule has 0 heterocycles. The summed E-state index contributed by atoms with van der Waals surface area (Å²) in [6, 6.07) is 0. The molecule has 17 nitrogen and oxygen atoms in total. The molecule has 0 spiro atoms. The van der Waals surface area contributed by atoms with Crippen LogP contribution in [0.15, 0.2) is 0 Å². The lowest BCUT2D eigenvalue weighted by atomic mass is 9.99. The lowest BCUT2D eigenvalue weighted by Gasteiger charge is -2.21. The Kier molecular flexibility index (Phi) is 82.6. The molecular weight excluding hydrogens is 1450 g/mol. The quantitative estimate of drug-likeness (QED) is 0.0222. The molecule has 6 atom stereocenters. The summed E-state index contributed by atoms with van der Waals surface area (Å²) in [6.45, 7) is 9.77. The molecular formula is C93H182O17P2. The van der Waals surface area contributed by atoms with Gasteiger partial charge in [-0.2, -0.15) is 0 Å². The average Bonchev–Trinajstić information content (AvgIpc) is 0.896. The number of unbranched alkanes of at least 4 members (excludes halogenated alkanes) is 61. The molecule has 666 valence electrons. The fourth-order valence-electron chi connectivity index (χ4n) is 14.6. The van der Waals surface area contributed by atoms with Crippen molar-refractivity contribution in [1.82, 2.24) is 0 Å². The van der Waals surface area contributed by atoms with Gasteiger partial charge in [-0.25, -0.2) is 9.13 Å². The van der Waals surface area contributed by atoms with E-state index < -0.39 is 97.5 Å². The number of phosphoric ester groups is 2. The van der Waals surface area contributed by atoms with Crippen LogP contribution < -0.4 is 0 Å². The first kappa shape index (κ1) is 110. The second-order valence-corrected chi connectivity index (χ2v) is 37.0. The van der Waals surface area contributed by atoms with Crippen LogP contribution in [0.4, 0.5) is 0 Å². The van der Waals surface area contributed by atoms with E-state index in [-0.39, 0.29) is 25.7 Å². The normalized spacial score (nSPS) is 13.9. The molecule has 112 heavy (non-hydrogen) atoms. The van der Waals surface area contributed by atoms with Gasteiger partial charge in [0.15, 0.2) is 12.2 Å². The largest absolute Gasteiger partial charge is 0.472 e.